The average Bonchev–Trinajstić information content (AvgIpc) is 2.76. The van der Waals surface area contributed by atoms with Crippen LogP contribution in [-0.4, -0.2) is 40.0 Å². The molecule has 0 aromatic carbocycles. The maximum atomic E-state index is 12.5. The number of carboxylic acids is 1. The number of likely N-dealkylation sites (tertiary alicyclic amines) is 1. The van der Waals surface area contributed by atoms with E-state index >= 15 is 0 Å². The van der Waals surface area contributed by atoms with Gasteiger partial charge < -0.3 is 15.7 Å². The molecule has 1 heterocycles. The summed E-state index contributed by atoms with van der Waals surface area (Å²) >= 11 is 0. The van der Waals surface area contributed by atoms with E-state index in [-0.39, 0.29) is 17.9 Å². The summed E-state index contributed by atoms with van der Waals surface area (Å²) in [4.78, 5) is 25.2. The molecule has 0 spiro atoms. The van der Waals surface area contributed by atoms with Crippen molar-refractivity contribution in [1.29, 1.82) is 0 Å². The molecule has 2 atom stereocenters. The summed E-state index contributed by atoms with van der Waals surface area (Å²) in [7, 11) is 0. The molecule has 2 aliphatic rings. The van der Waals surface area contributed by atoms with Gasteiger partial charge in [-0.05, 0) is 32.6 Å². The number of hydrogen-bond donors (Lipinski definition) is 2. The Morgan fingerprint density at radius 3 is 2.44 bits per heavy atom. The van der Waals surface area contributed by atoms with Gasteiger partial charge in [-0.15, -0.1) is 0 Å². The first-order chi connectivity index (χ1) is 8.44. The fourth-order valence-electron chi connectivity index (χ4n) is 3.20. The van der Waals surface area contributed by atoms with E-state index in [1.54, 1.807) is 4.90 Å². The SMILES string of the molecule is CC1CC(C(=O)O)CCN1C(=O)C1(N)CCCC1. The van der Waals surface area contributed by atoms with E-state index in [1.165, 1.54) is 0 Å². The van der Waals surface area contributed by atoms with E-state index in [4.69, 9.17) is 10.8 Å². The topological polar surface area (TPSA) is 83.6 Å². The second-order valence-corrected chi connectivity index (χ2v) is 5.77. The van der Waals surface area contributed by atoms with Crippen LogP contribution in [0.25, 0.3) is 0 Å². The van der Waals surface area contributed by atoms with E-state index in [1.807, 2.05) is 6.92 Å². The normalized spacial score (nSPS) is 31.3. The largest absolute Gasteiger partial charge is 0.481 e. The van der Waals surface area contributed by atoms with Crippen molar-refractivity contribution in [2.75, 3.05) is 6.54 Å². The molecule has 0 radical (unpaired) electrons. The van der Waals surface area contributed by atoms with Crippen molar-refractivity contribution in [2.24, 2.45) is 11.7 Å². The third-order valence-electron chi connectivity index (χ3n) is 4.41. The van der Waals surface area contributed by atoms with Gasteiger partial charge in [-0.2, -0.15) is 0 Å². The number of hydrogen-bond acceptors (Lipinski definition) is 3. The molecule has 1 saturated carbocycles. The summed E-state index contributed by atoms with van der Waals surface area (Å²) in [5.74, 6) is -1.05. The third kappa shape index (κ3) is 2.36. The minimum atomic E-state index is -0.753. The quantitative estimate of drug-likeness (QED) is 0.769. The number of carbonyl (C=O) groups is 2. The van der Waals surface area contributed by atoms with Crippen LogP contribution in [-0.2, 0) is 9.59 Å². The second-order valence-electron chi connectivity index (χ2n) is 5.77. The molecule has 0 bridgehead atoms. The Hall–Kier alpha value is -1.10. The number of piperidine rings is 1. The molecule has 5 nitrogen and oxygen atoms in total. The number of nitrogens with two attached hydrogens (primary N) is 1. The van der Waals surface area contributed by atoms with Gasteiger partial charge in [-0.1, -0.05) is 12.8 Å². The van der Waals surface area contributed by atoms with E-state index in [0.29, 0.717) is 19.4 Å². The molecule has 5 heteroatoms. The molecule has 2 rings (SSSR count). The zero-order valence-electron chi connectivity index (χ0n) is 10.9. The molecule has 1 saturated heterocycles. The predicted octanol–water partition coefficient (Wildman–Crippen LogP) is 0.970. The molecule has 102 valence electrons. The van der Waals surface area contributed by atoms with Crippen LogP contribution >= 0.6 is 0 Å². The van der Waals surface area contributed by atoms with Gasteiger partial charge in [0.25, 0.3) is 0 Å². The highest BCUT2D eigenvalue weighted by Gasteiger charge is 2.43. The van der Waals surface area contributed by atoms with Gasteiger partial charge in [-0.25, -0.2) is 0 Å². The first kappa shape index (κ1) is 13.3. The van der Waals surface area contributed by atoms with Crippen LogP contribution in [0.5, 0.6) is 0 Å². The Morgan fingerprint density at radius 1 is 1.33 bits per heavy atom. The zero-order chi connectivity index (χ0) is 13.3. The summed E-state index contributed by atoms with van der Waals surface area (Å²) < 4.78 is 0. The van der Waals surface area contributed by atoms with Gasteiger partial charge in [0.15, 0.2) is 0 Å². The Labute approximate surface area is 107 Å². The van der Waals surface area contributed by atoms with Crippen molar-refractivity contribution < 1.29 is 14.7 Å². The van der Waals surface area contributed by atoms with Crippen LogP contribution in [0.1, 0.15) is 45.4 Å². The van der Waals surface area contributed by atoms with Gasteiger partial charge >= 0.3 is 5.97 Å². The van der Waals surface area contributed by atoms with Crippen LogP contribution in [0, 0.1) is 5.92 Å². The summed E-state index contributed by atoms with van der Waals surface area (Å²) in [5.41, 5.74) is 5.49. The van der Waals surface area contributed by atoms with Crippen LogP contribution in [0.15, 0.2) is 0 Å². The molecule has 1 amide bonds. The first-order valence-corrected chi connectivity index (χ1v) is 6.77. The maximum Gasteiger partial charge on any atom is 0.306 e. The highest BCUT2D eigenvalue weighted by molar-refractivity contribution is 5.87. The fourth-order valence-corrected chi connectivity index (χ4v) is 3.20. The van der Waals surface area contributed by atoms with Crippen molar-refractivity contribution in [2.45, 2.75) is 57.0 Å². The number of nitrogens with zero attached hydrogens (tertiary/aromatic N) is 1. The van der Waals surface area contributed by atoms with Crippen molar-refractivity contribution in [1.82, 2.24) is 4.90 Å². The van der Waals surface area contributed by atoms with Gasteiger partial charge in [0.2, 0.25) is 5.91 Å². The smallest absolute Gasteiger partial charge is 0.306 e. The standard InChI is InChI=1S/C13H22N2O3/c1-9-8-10(11(16)17)4-7-15(9)12(18)13(14)5-2-3-6-13/h9-10H,2-8,14H2,1H3,(H,16,17). The molecule has 2 fully saturated rings. The van der Waals surface area contributed by atoms with E-state index in [2.05, 4.69) is 0 Å². The third-order valence-corrected chi connectivity index (χ3v) is 4.41. The number of carbonyl (C=O) groups excluding carboxylic acids is 1. The monoisotopic (exact) mass is 254 g/mol. The lowest BCUT2D eigenvalue weighted by molar-refractivity contribution is -0.149. The van der Waals surface area contributed by atoms with E-state index in [9.17, 15) is 9.59 Å². The van der Waals surface area contributed by atoms with Crippen molar-refractivity contribution in [3.63, 3.8) is 0 Å². The Morgan fingerprint density at radius 2 is 1.94 bits per heavy atom. The van der Waals surface area contributed by atoms with E-state index in [0.717, 1.165) is 25.7 Å². The van der Waals surface area contributed by atoms with Gasteiger partial charge in [0.1, 0.15) is 0 Å². The number of carboxylic acid groups (broad SMARTS) is 1. The lowest BCUT2D eigenvalue weighted by Gasteiger charge is -2.40. The molecule has 1 aliphatic heterocycles. The molecule has 0 aromatic heterocycles. The fraction of sp³-hybridized carbons (Fsp3) is 0.846. The highest BCUT2D eigenvalue weighted by atomic mass is 16.4. The van der Waals surface area contributed by atoms with Crippen molar-refractivity contribution >= 4 is 11.9 Å². The summed E-state index contributed by atoms with van der Waals surface area (Å²) in [6.45, 7) is 2.45. The number of rotatable bonds is 2. The molecule has 3 N–H and O–H groups in total. The van der Waals surface area contributed by atoms with Crippen LogP contribution in [0.2, 0.25) is 0 Å². The first-order valence-electron chi connectivity index (χ1n) is 6.77. The molecular weight excluding hydrogens is 232 g/mol. The molecule has 1 aliphatic carbocycles. The van der Waals surface area contributed by atoms with Crippen molar-refractivity contribution in [3.8, 4) is 0 Å². The number of aliphatic carboxylic acids is 1. The van der Waals surface area contributed by atoms with E-state index < -0.39 is 11.5 Å². The van der Waals surface area contributed by atoms with Crippen LogP contribution in [0.4, 0.5) is 0 Å². The Kier molecular flexibility index (Phi) is 3.61. The maximum absolute atomic E-state index is 12.5. The van der Waals surface area contributed by atoms with Crippen LogP contribution in [0.3, 0.4) is 0 Å². The molecule has 18 heavy (non-hydrogen) atoms. The predicted molar refractivity (Wildman–Crippen MR) is 66.9 cm³/mol. The summed E-state index contributed by atoms with van der Waals surface area (Å²) in [6.07, 6.45) is 4.64. The van der Waals surface area contributed by atoms with Gasteiger partial charge in [-0.3, -0.25) is 9.59 Å². The number of amides is 1. The zero-order valence-corrected chi connectivity index (χ0v) is 10.9. The molecule has 2 unspecified atom stereocenters. The van der Waals surface area contributed by atoms with Gasteiger partial charge in [0, 0.05) is 12.6 Å². The molecule has 0 aromatic rings. The summed E-state index contributed by atoms with van der Waals surface area (Å²) in [5, 5.41) is 9.01. The lowest BCUT2D eigenvalue weighted by Crippen LogP contribution is -2.58. The minimum Gasteiger partial charge on any atom is -0.481 e. The lowest BCUT2D eigenvalue weighted by atomic mass is 9.88. The van der Waals surface area contributed by atoms with Crippen molar-refractivity contribution in [3.05, 3.63) is 0 Å². The highest BCUT2D eigenvalue weighted by Crippen LogP contribution is 2.32. The van der Waals surface area contributed by atoms with Crippen LogP contribution < -0.4 is 5.73 Å². The minimum absolute atomic E-state index is 0.0200. The second kappa shape index (κ2) is 4.88. The molecular formula is C13H22N2O3. The van der Waals surface area contributed by atoms with Gasteiger partial charge in [0.05, 0.1) is 11.5 Å². The Bertz CT molecular complexity index is 350. The average molecular weight is 254 g/mol. The Balaban J connectivity index is 2.02. The summed E-state index contributed by atoms with van der Waals surface area (Å²) in [6, 6.07) is -0.0200.